The van der Waals surface area contributed by atoms with E-state index in [1.54, 1.807) is 0 Å². The molecule has 194 valence electrons. The van der Waals surface area contributed by atoms with Gasteiger partial charge in [-0.05, 0) is 18.6 Å². The molecule has 2 aromatic rings. The summed E-state index contributed by atoms with van der Waals surface area (Å²) in [5.74, 6) is -1.70. The molecule has 1 fully saturated rings. The highest BCUT2D eigenvalue weighted by molar-refractivity contribution is 8.01. The van der Waals surface area contributed by atoms with Crippen LogP contribution >= 0.6 is 34.9 Å². The zero-order chi connectivity index (χ0) is 26.7. The number of non-ortho nitro benzene ring substituents is 1. The zero-order valence-corrected chi connectivity index (χ0v) is 21.3. The third-order valence-corrected chi connectivity index (χ3v) is 8.60. The van der Waals surface area contributed by atoms with Crippen molar-refractivity contribution in [3.63, 3.8) is 0 Å². The van der Waals surface area contributed by atoms with Gasteiger partial charge in [0, 0.05) is 29.2 Å². The van der Waals surface area contributed by atoms with Gasteiger partial charge in [0.05, 0.1) is 11.1 Å². The summed E-state index contributed by atoms with van der Waals surface area (Å²) in [4.78, 5) is 48.7. The van der Waals surface area contributed by atoms with Crippen molar-refractivity contribution in [2.45, 2.75) is 22.7 Å². The number of carboxylic acids is 1. The molecule has 0 radical (unpaired) electrons. The Balaban J connectivity index is 1.38. The maximum absolute atomic E-state index is 12.8. The molecule has 3 N–H and O–H groups in total. The number of rotatable bonds is 10. The molecule has 14 nitrogen and oxygen atoms in total. The largest absolute Gasteiger partial charge is 0.483 e. The van der Waals surface area contributed by atoms with Crippen LogP contribution in [0.5, 0.6) is 5.75 Å². The number of fused-ring (bicyclic) bond motifs is 1. The lowest BCUT2D eigenvalue weighted by atomic mass is 10.0. The van der Waals surface area contributed by atoms with Crippen LogP contribution in [0.4, 0.5) is 5.69 Å². The highest BCUT2D eigenvalue weighted by atomic mass is 32.2. The first-order valence-corrected chi connectivity index (χ1v) is 13.3. The van der Waals surface area contributed by atoms with Crippen molar-refractivity contribution >= 4 is 64.5 Å². The average Bonchev–Trinajstić information content (AvgIpc) is 3.29. The van der Waals surface area contributed by atoms with Gasteiger partial charge in [-0.3, -0.25) is 24.6 Å². The molecular formula is C20H18N6O8S3. The van der Waals surface area contributed by atoms with Gasteiger partial charge in [0.2, 0.25) is 0 Å². The number of aryl methyl sites for hydroxylation is 1. The van der Waals surface area contributed by atoms with Gasteiger partial charge in [-0.2, -0.15) is 0 Å². The second-order valence-corrected chi connectivity index (χ2v) is 11.1. The number of carbonyl (C=O) groups excluding carboxylic acids is 2. The van der Waals surface area contributed by atoms with Gasteiger partial charge in [0.1, 0.15) is 27.9 Å². The minimum atomic E-state index is -1.23. The molecule has 3 heterocycles. The molecule has 17 heteroatoms. The number of nitro groups is 1. The molecule has 2 aliphatic heterocycles. The molecule has 0 saturated carbocycles. The summed E-state index contributed by atoms with van der Waals surface area (Å²) in [7, 11) is 0. The van der Waals surface area contributed by atoms with E-state index in [4.69, 9.17) is 9.94 Å². The molecule has 2 amide bonds. The lowest BCUT2D eigenvalue weighted by molar-refractivity contribution is -0.384. The van der Waals surface area contributed by atoms with Crippen LogP contribution in [0, 0.1) is 17.0 Å². The number of thioether (sulfide) groups is 2. The molecule has 37 heavy (non-hydrogen) atoms. The summed E-state index contributed by atoms with van der Waals surface area (Å²) in [5.41, 5.74) is 0.288. The van der Waals surface area contributed by atoms with Gasteiger partial charge in [-0.15, -0.1) is 22.0 Å². The Kier molecular flexibility index (Phi) is 7.94. The third-order valence-electron chi connectivity index (χ3n) is 5.20. The lowest BCUT2D eigenvalue weighted by Gasteiger charge is -2.49. The van der Waals surface area contributed by atoms with Crippen molar-refractivity contribution in [3.05, 3.63) is 50.2 Å². The second-order valence-electron chi connectivity index (χ2n) is 7.60. The van der Waals surface area contributed by atoms with Crippen LogP contribution in [-0.2, 0) is 14.4 Å². The summed E-state index contributed by atoms with van der Waals surface area (Å²) in [6, 6.07) is 2.59. The Morgan fingerprint density at radius 1 is 1.43 bits per heavy atom. The lowest BCUT2D eigenvalue weighted by Crippen LogP contribution is -2.70. The minimum absolute atomic E-state index is 0.0519. The van der Waals surface area contributed by atoms with E-state index in [0.29, 0.717) is 21.4 Å². The first-order chi connectivity index (χ1) is 17.7. The Labute approximate surface area is 220 Å². The molecule has 0 bridgehead atoms. The molecule has 2 aliphatic rings. The van der Waals surface area contributed by atoms with Crippen molar-refractivity contribution in [1.82, 2.24) is 20.4 Å². The number of nitrogens with zero attached hydrogens (tertiary/aromatic N) is 5. The number of nitro benzene ring substituents is 1. The van der Waals surface area contributed by atoms with Gasteiger partial charge < -0.3 is 20.4 Å². The number of aromatic nitrogens is 2. The van der Waals surface area contributed by atoms with E-state index in [2.05, 4.69) is 20.7 Å². The highest BCUT2D eigenvalue weighted by Gasteiger charge is 2.54. The number of hydrogen-bond acceptors (Lipinski definition) is 13. The van der Waals surface area contributed by atoms with Gasteiger partial charge in [0.15, 0.2) is 10.9 Å². The SMILES string of the molecule is Cc1nnc(SCC2=C(C(=O)O)N3C(=O)[C@@H](NC(=O)COc4ccc([N+](=O)[O-])cc4/C=N/O)[C@H]3SC2)s1. The molecular weight excluding hydrogens is 548 g/mol. The van der Waals surface area contributed by atoms with Crippen molar-refractivity contribution in [2.75, 3.05) is 18.1 Å². The van der Waals surface area contributed by atoms with E-state index in [0.717, 1.165) is 23.4 Å². The predicted octanol–water partition coefficient (Wildman–Crippen LogP) is 1.47. The fourth-order valence-electron chi connectivity index (χ4n) is 3.58. The molecule has 0 unspecified atom stereocenters. The second kappa shape index (κ2) is 11.1. The molecule has 2 atom stereocenters. The monoisotopic (exact) mass is 566 g/mol. The van der Waals surface area contributed by atoms with Crippen molar-refractivity contribution in [3.8, 4) is 5.75 Å². The number of hydrogen-bond donors (Lipinski definition) is 3. The maximum Gasteiger partial charge on any atom is 0.352 e. The predicted molar refractivity (Wildman–Crippen MR) is 133 cm³/mol. The molecule has 1 aromatic carbocycles. The highest BCUT2D eigenvalue weighted by Crippen LogP contribution is 2.41. The molecule has 4 rings (SSSR count). The van der Waals surface area contributed by atoms with E-state index in [-0.39, 0.29) is 22.7 Å². The number of carbonyl (C=O) groups is 3. The average molecular weight is 567 g/mol. The normalized spacial score (nSPS) is 18.9. The van der Waals surface area contributed by atoms with Gasteiger partial charge in [-0.1, -0.05) is 28.3 Å². The van der Waals surface area contributed by atoms with Crippen molar-refractivity contribution < 1.29 is 34.4 Å². The van der Waals surface area contributed by atoms with Crippen LogP contribution in [0.25, 0.3) is 0 Å². The summed E-state index contributed by atoms with van der Waals surface area (Å²) in [5, 5.41) is 43.0. The molecule has 1 saturated heterocycles. The van der Waals surface area contributed by atoms with E-state index in [1.165, 1.54) is 45.8 Å². The van der Waals surface area contributed by atoms with Crippen LogP contribution < -0.4 is 10.1 Å². The van der Waals surface area contributed by atoms with Crippen LogP contribution in [0.2, 0.25) is 0 Å². The van der Waals surface area contributed by atoms with E-state index in [1.807, 2.05) is 6.92 Å². The van der Waals surface area contributed by atoms with Gasteiger partial charge >= 0.3 is 5.97 Å². The quantitative estimate of drug-likeness (QED) is 0.0936. The summed E-state index contributed by atoms with van der Waals surface area (Å²) < 4.78 is 6.09. The summed E-state index contributed by atoms with van der Waals surface area (Å²) in [6.45, 7) is 1.28. The molecule has 1 aromatic heterocycles. The smallest absolute Gasteiger partial charge is 0.352 e. The Hall–Kier alpha value is -3.70. The maximum atomic E-state index is 12.8. The van der Waals surface area contributed by atoms with Crippen LogP contribution in [0.1, 0.15) is 10.6 Å². The Bertz CT molecular complexity index is 1330. The number of ether oxygens (including phenoxy) is 1. The fourth-order valence-corrected chi connectivity index (χ4v) is 6.88. The number of nitrogens with one attached hydrogen (secondary N) is 1. The Morgan fingerprint density at radius 3 is 2.86 bits per heavy atom. The van der Waals surface area contributed by atoms with Crippen molar-refractivity contribution in [1.29, 1.82) is 0 Å². The number of β-lactam (4-membered cyclic amide) rings is 1. The summed E-state index contributed by atoms with van der Waals surface area (Å²) in [6.07, 6.45) is 0.925. The van der Waals surface area contributed by atoms with Gasteiger partial charge in [0.25, 0.3) is 17.5 Å². The fraction of sp³-hybridized carbons (Fsp3) is 0.300. The molecule has 0 aliphatic carbocycles. The van der Waals surface area contributed by atoms with Crippen LogP contribution in [0.3, 0.4) is 0 Å². The Morgan fingerprint density at radius 2 is 2.22 bits per heavy atom. The first kappa shape index (κ1) is 26.4. The topological polar surface area (TPSA) is 197 Å². The van der Waals surface area contributed by atoms with Crippen molar-refractivity contribution in [2.24, 2.45) is 5.16 Å². The van der Waals surface area contributed by atoms with E-state index in [9.17, 15) is 29.6 Å². The van der Waals surface area contributed by atoms with Crippen LogP contribution in [-0.4, -0.2) is 83.9 Å². The number of oxime groups is 1. The van der Waals surface area contributed by atoms with Gasteiger partial charge in [-0.25, -0.2) is 4.79 Å². The minimum Gasteiger partial charge on any atom is -0.483 e. The third kappa shape index (κ3) is 5.67. The number of benzene rings is 1. The van der Waals surface area contributed by atoms with E-state index < -0.39 is 40.7 Å². The first-order valence-electron chi connectivity index (χ1n) is 10.4. The summed E-state index contributed by atoms with van der Waals surface area (Å²) >= 11 is 4.07. The van der Waals surface area contributed by atoms with E-state index >= 15 is 0 Å². The molecule has 0 spiro atoms. The number of carboxylic acid groups (broad SMARTS) is 1. The number of aliphatic carboxylic acids is 1. The number of amides is 2. The van der Waals surface area contributed by atoms with Crippen LogP contribution in [0.15, 0.2) is 39.0 Å². The standard InChI is InChI=1S/C20H18N6O8S3/c1-9-23-24-20(37-9)36-8-11-7-35-18-15(17(28)25(18)16(11)19(29)30)22-14(27)6-34-13-3-2-12(26(32)33)4-10(13)5-21-31/h2-5,15,18,31H,6-8H2,1H3,(H,22,27)(H,29,30)/b21-5+/t15-,18-/m1/s1. The zero-order valence-electron chi connectivity index (χ0n) is 18.9.